The molecule has 0 saturated carbocycles. The quantitative estimate of drug-likeness (QED) is 0.383. The third-order valence-electron chi connectivity index (χ3n) is 6.71. The standard InChI is InChI=1S/C28H30N4O4S/c1-19-17-30(12-13-31(19)28(34)29-22-7-9-23(35-2)10-8-22)26(33)25-16-21-11-14-37-27(21)32(25)18-20-5-4-6-24(15-20)36-3/h4-11,14-16,19H,12-13,17-18H2,1-3H3,(H,29,34)/t19-/m0/s1. The van der Waals surface area contributed by atoms with Gasteiger partial charge in [-0.3, -0.25) is 4.79 Å². The number of rotatable bonds is 6. The number of benzene rings is 2. The zero-order chi connectivity index (χ0) is 25.9. The van der Waals surface area contributed by atoms with E-state index in [1.54, 1.807) is 42.6 Å². The lowest BCUT2D eigenvalue weighted by Gasteiger charge is -2.39. The molecule has 0 unspecified atom stereocenters. The molecule has 0 bridgehead atoms. The van der Waals surface area contributed by atoms with Crippen LogP contribution in [0.25, 0.3) is 10.2 Å². The van der Waals surface area contributed by atoms with Gasteiger partial charge >= 0.3 is 6.03 Å². The summed E-state index contributed by atoms with van der Waals surface area (Å²) in [6.07, 6.45) is 0. The summed E-state index contributed by atoms with van der Waals surface area (Å²) < 4.78 is 12.6. The van der Waals surface area contributed by atoms with Gasteiger partial charge in [0.25, 0.3) is 5.91 Å². The van der Waals surface area contributed by atoms with Crippen molar-refractivity contribution in [2.24, 2.45) is 0 Å². The van der Waals surface area contributed by atoms with Crippen LogP contribution in [0.3, 0.4) is 0 Å². The van der Waals surface area contributed by atoms with E-state index in [-0.39, 0.29) is 18.0 Å². The Morgan fingerprint density at radius 2 is 1.78 bits per heavy atom. The number of nitrogens with one attached hydrogen (secondary N) is 1. The average molecular weight is 519 g/mol. The molecular formula is C28H30N4O4S. The number of aromatic nitrogens is 1. The molecule has 3 heterocycles. The van der Waals surface area contributed by atoms with Crippen molar-refractivity contribution in [1.82, 2.24) is 14.4 Å². The molecule has 1 aliphatic rings. The second kappa shape index (κ2) is 10.6. The Labute approximate surface area is 220 Å². The highest BCUT2D eigenvalue weighted by Crippen LogP contribution is 2.28. The zero-order valence-corrected chi connectivity index (χ0v) is 22.0. The van der Waals surface area contributed by atoms with Crippen LogP contribution in [0.15, 0.2) is 66.0 Å². The van der Waals surface area contributed by atoms with Crippen LogP contribution in [-0.4, -0.2) is 66.2 Å². The number of anilines is 1. The highest BCUT2D eigenvalue weighted by atomic mass is 32.1. The number of thiophene rings is 1. The van der Waals surface area contributed by atoms with E-state index in [2.05, 4.69) is 9.88 Å². The summed E-state index contributed by atoms with van der Waals surface area (Å²) in [5, 5.41) is 6.05. The molecule has 1 fully saturated rings. The van der Waals surface area contributed by atoms with Gasteiger partial charge in [-0.1, -0.05) is 12.1 Å². The van der Waals surface area contributed by atoms with Crippen molar-refractivity contribution < 1.29 is 19.1 Å². The number of urea groups is 1. The van der Waals surface area contributed by atoms with E-state index in [0.29, 0.717) is 37.6 Å². The van der Waals surface area contributed by atoms with Gasteiger partial charge in [-0.05, 0) is 66.4 Å². The lowest BCUT2D eigenvalue weighted by Crippen LogP contribution is -2.56. The summed E-state index contributed by atoms with van der Waals surface area (Å²) in [6, 6.07) is 18.9. The van der Waals surface area contributed by atoms with Crippen LogP contribution in [0.5, 0.6) is 11.5 Å². The molecule has 1 aliphatic heterocycles. The first-order valence-electron chi connectivity index (χ1n) is 12.2. The lowest BCUT2D eigenvalue weighted by atomic mass is 10.1. The Kier molecular flexibility index (Phi) is 7.05. The first-order valence-corrected chi connectivity index (χ1v) is 13.1. The van der Waals surface area contributed by atoms with Crippen molar-refractivity contribution >= 4 is 39.2 Å². The summed E-state index contributed by atoms with van der Waals surface area (Å²) in [5.74, 6) is 1.50. The lowest BCUT2D eigenvalue weighted by molar-refractivity contribution is 0.0583. The predicted molar refractivity (Wildman–Crippen MR) is 146 cm³/mol. The molecule has 1 N–H and O–H groups in total. The fraction of sp³-hybridized carbons (Fsp3) is 0.286. The summed E-state index contributed by atoms with van der Waals surface area (Å²) in [6.45, 7) is 3.94. The average Bonchev–Trinajstić information content (AvgIpc) is 3.51. The van der Waals surface area contributed by atoms with Gasteiger partial charge in [0.1, 0.15) is 22.0 Å². The molecule has 2 aromatic heterocycles. The van der Waals surface area contributed by atoms with Gasteiger partial charge in [-0.25, -0.2) is 4.79 Å². The minimum Gasteiger partial charge on any atom is -0.497 e. The highest BCUT2D eigenvalue weighted by Gasteiger charge is 2.32. The number of ether oxygens (including phenoxy) is 2. The highest BCUT2D eigenvalue weighted by molar-refractivity contribution is 7.16. The van der Waals surface area contributed by atoms with Crippen molar-refractivity contribution in [1.29, 1.82) is 0 Å². The molecule has 8 nitrogen and oxygen atoms in total. The zero-order valence-electron chi connectivity index (χ0n) is 21.1. The summed E-state index contributed by atoms with van der Waals surface area (Å²) in [4.78, 5) is 31.4. The SMILES string of the molecule is COc1ccc(NC(=O)N2CCN(C(=O)c3cc4ccsc4n3Cc3cccc(OC)c3)C[C@@H]2C)cc1. The molecule has 1 atom stereocenters. The Hall–Kier alpha value is -3.98. The van der Waals surface area contributed by atoms with Crippen LogP contribution in [0.1, 0.15) is 23.0 Å². The number of carbonyl (C=O) groups is 2. The van der Waals surface area contributed by atoms with Crippen molar-refractivity contribution in [3.8, 4) is 11.5 Å². The van der Waals surface area contributed by atoms with Crippen LogP contribution in [0.4, 0.5) is 10.5 Å². The van der Waals surface area contributed by atoms with Crippen molar-refractivity contribution in [3.63, 3.8) is 0 Å². The number of carbonyl (C=O) groups excluding carboxylic acids is 2. The number of nitrogens with zero attached hydrogens (tertiary/aromatic N) is 3. The number of amides is 3. The topological polar surface area (TPSA) is 76.0 Å². The number of fused-ring (bicyclic) bond motifs is 1. The largest absolute Gasteiger partial charge is 0.497 e. The van der Waals surface area contributed by atoms with Crippen LogP contribution in [-0.2, 0) is 6.54 Å². The van der Waals surface area contributed by atoms with E-state index < -0.39 is 0 Å². The minimum absolute atomic E-state index is 0.0200. The summed E-state index contributed by atoms with van der Waals surface area (Å²) in [7, 11) is 3.26. The Bertz CT molecular complexity index is 1410. The molecule has 0 spiro atoms. The molecule has 1 saturated heterocycles. The molecule has 37 heavy (non-hydrogen) atoms. The van der Waals surface area contributed by atoms with Gasteiger partial charge in [0.2, 0.25) is 0 Å². The van der Waals surface area contributed by atoms with Gasteiger partial charge in [0.05, 0.1) is 14.2 Å². The number of hydrogen-bond acceptors (Lipinski definition) is 5. The number of methoxy groups -OCH3 is 2. The maximum atomic E-state index is 13.7. The molecule has 5 rings (SSSR count). The van der Waals surface area contributed by atoms with Gasteiger partial charge in [-0.2, -0.15) is 0 Å². The monoisotopic (exact) mass is 518 g/mol. The van der Waals surface area contributed by atoms with Crippen LogP contribution >= 0.6 is 11.3 Å². The maximum Gasteiger partial charge on any atom is 0.322 e. The van der Waals surface area contributed by atoms with Gasteiger partial charge in [0, 0.05) is 43.3 Å². The summed E-state index contributed by atoms with van der Waals surface area (Å²) >= 11 is 1.63. The van der Waals surface area contributed by atoms with E-state index in [9.17, 15) is 9.59 Å². The Morgan fingerprint density at radius 1 is 1.00 bits per heavy atom. The fourth-order valence-electron chi connectivity index (χ4n) is 4.74. The molecule has 0 radical (unpaired) electrons. The molecule has 4 aromatic rings. The van der Waals surface area contributed by atoms with Crippen molar-refractivity contribution in [2.45, 2.75) is 19.5 Å². The van der Waals surface area contributed by atoms with Crippen LogP contribution < -0.4 is 14.8 Å². The Balaban J connectivity index is 1.30. The molecular weight excluding hydrogens is 488 g/mol. The second-order valence-electron chi connectivity index (χ2n) is 9.10. The maximum absolute atomic E-state index is 13.7. The van der Waals surface area contributed by atoms with Crippen LogP contribution in [0, 0.1) is 0 Å². The van der Waals surface area contributed by atoms with E-state index >= 15 is 0 Å². The third kappa shape index (κ3) is 5.13. The predicted octanol–water partition coefficient (Wildman–Crippen LogP) is 5.15. The van der Waals surface area contributed by atoms with Crippen molar-refractivity contribution in [2.75, 3.05) is 39.2 Å². The molecule has 192 valence electrons. The molecule has 9 heteroatoms. The van der Waals surface area contributed by atoms with Gasteiger partial charge in [0.15, 0.2) is 0 Å². The van der Waals surface area contributed by atoms with Crippen LogP contribution in [0.2, 0.25) is 0 Å². The van der Waals surface area contributed by atoms with Crippen molar-refractivity contribution in [3.05, 3.63) is 77.3 Å². The number of piperazine rings is 1. The molecule has 3 amide bonds. The third-order valence-corrected chi connectivity index (χ3v) is 7.66. The smallest absolute Gasteiger partial charge is 0.322 e. The minimum atomic E-state index is -0.174. The summed E-state index contributed by atoms with van der Waals surface area (Å²) in [5.41, 5.74) is 2.42. The fourth-order valence-corrected chi connectivity index (χ4v) is 5.63. The molecule has 2 aromatic carbocycles. The van der Waals surface area contributed by atoms with Gasteiger partial charge < -0.3 is 29.2 Å². The Morgan fingerprint density at radius 3 is 2.51 bits per heavy atom. The van der Waals surface area contributed by atoms with Gasteiger partial charge in [-0.15, -0.1) is 11.3 Å². The first-order chi connectivity index (χ1) is 18.0. The van der Waals surface area contributed by atoms with E-state index in [1.807, 2.05) is 65.7 Å². The van der Waals surface area contributed by atoms with E-state index in [0.717, 1.165) is 27.3 Å². The number of hydrogen-bond donors (Lipinski definition) is 1. The second-order valence-corrected chi connectivity index (χ2v) is 10.00. The normalized spacial score (nSPS) is 15.6. The molecule has 0 aliphatic carbocycles. The van der Waals surface area contributed by atoms with E-state index in [1.165, 1.54) is 0 Å². The first kappa shape index (κ1) is 24.7. The van der Waals surface area contributed by atoms with E-state index in [4.69, 9.17) is 9.47 Å².